The summed E-state index contributed by atoms with van der Waals surface area (Å²) in [7, 11) is 0. The Kier molecular flexibility index (Phi) is 5.42. The van der Waals surface area contributed by atoms with Gasteiger partial charge in [-0.1, -0.05) is 6.07 Å². The summed E-state index contributed by atoms with van der Waals surface area (Å²) in [5.41, 5.74) is 2.23. The van der Waals surface area contributed by atoms with Gasteiger partial charge in [-0.2, -0.15) is 10.4 Å². The summed E-state index contributed by atoms with van der Waals surface area (Å²) in [5.74, 6) is -1.02. The van der Waals surface area contributed by atoms with Crippen molar-refractivity contribution < 1.29 is 14.1 Å². The number of carbonyl (C=O) groups excluding carboxylic acids is 1. The topological polar surface area (TPSA) is 114 Å². The number of non-ortho nitro benzene ring substituents is 1. The molecule has 0 aliphatic carbocycles. The molecule has 9 heteroatoms. The minimum absolute atomic E-state index is 0.0916. The zero-order valence-corrected chi connectivity index (χ0v) is 16.4. The Morgan fingerprint density at radius 2 is 1.81 bits per heavy atom. The fraction of sp³-hybridized carbons (Fsp3) is 0. The van der Waals surface area contributed by atoms with E-state index < -0.39 is 16.6 Å². The number of aromatic nitrogens is 2. The Labute approximate surface area is 181 Å². The molecule has 8 nitrogen and oxygen atoms in total. The molecule has 4 rings (SSSR count). The highest BCUT2D eigenvalue weighted by atomic mass is 19.1. The molecule has 1 N–H and O–H groups in total. The van der Waals surface area contributed by atoms with E-state index in [4.69, 9.17) is 5.26 Å². The van der Waals surface area contributed by atoms with Gasteiger partial charge in [-0.05, 0) is 54.6 Å². The van der Waals surface area contributed by atoms with E-state index in [2.05, 4.69) is 10.4 Å². The molecule has 1 heterocycles. The van der Waals surface area contributed by atoms with Gasteiger partial charge in [0.25, 0.3) is 11.6 Å². The number of hydrogen-bond acceptors (Lipinski definition) is 5. The molecule has 0 bridgehead atoms. The second-order valence-electron chi connectivity index (χ2n) is 6.76. The quantitative estimate of drug-likeness (QED) is 0.366. The van der Waals surface area contributed by atoms with Crippen molar-refractivity contribution in [2.24, 2.45) is 0 Å². The van der Waals surface area contributed by atoms with Crippen LogP contribution in [0.2, 0.25) is 0 Å². The number of nitro groups is 1. The number of halogens is 1. The molecular formula is C23H14FN5O3. The summed E-state index contributed by atoms with van der Waals surface area (Å²) >= 11 is 0. The average molecular weight is 427 g/mol. The Balaban J connectivity index is 1.76. The molecule has 32 heavy (non-hydrogen) atoms. The third kappa shape index (κ3) is 4.20. The van der Waals surface area contributed by atoms with Crippen LogP contribution in [-0.4, -0.2) is 20.6 Å². The van der Waals surface area contributed by atoms with Gasteiger partial charge >= 0.3 is 0 Å². The second-order valence-corrected chi connectivity index (χ2v) is 6.76. The Bertz CT molecular complexity index is 1360. The van der Waals surface area contributed by atoms with Crippen LogP contribution in [-0.2, 0) is 0 Å². The van der Waals surface area contributed by atoms with Crippen molar-refractivity contribution in [1.82, 2.24) is 9.78 Å². The summed E-state index contributed by atoms with van der Waals surface area (Å²) in [4.78, 5) is 23.4. The Morgan fingerprint density at radius 3 is 2.44 bits per heavy atom. The summed E-state index contributed by atoms with van der Waals surface area (Å²) in [5, 5.41) is 27.1. The molecule has 0 spiro atoms. The molecule has 0 atom stereocenters. The largest absolute Gasteiger partial charge is 0.322 e. The van der Waals surface area contributed by atoms with Crippen LogP contribution in [0.3, 0.4) is 0 Å². The predicted octanol–water partition coefficient (Wildman–Crippen LogP) is 4.71. The van der Waals surface area contributed by atoms with Crippen LogP contribution in [0.1, 0.15) is 15.9 Å². The van der Waals surface area contributed by atoms with E-state index in [9.17, 15) is 19.3 Å². The maximum Gasteiger partial charge on any atom is 0.269 e. The minimum atomic E-state index is -0.524. The van der Waals surface area contributed by atoms with Gasteiger partial charge in [-0.15, -0.1) is 0 Å². The normalized spacial score (nSPS) is 10.4. The highest BCUT2D eigenvalue weighted by Crippen LogP contribution is 2.27. The summed E-state index contributed by atoms with van der Waals surface area (Å²) in [6.07, 6.45) is 1.51. The van der Waals surface area contributed by atoms with Crippen LogP contribution < -0.4 is 5.32 Å². The number of carbonyl (C=O) groups is 1. The van der Waals surface area contributed by atoms with Crippen LogP contribution in [0.5, 0.6) is 0 Å². The smallest absolute Gasteiger partial charge is 0.269 e. The summed E-state index contributed by atoms with van der Waals surface area (Å²) in [6, 6.07) is 19.8. The van der Waals surface area contributed by atoms with E-state index in [1.807, 2.05) is 6.07 Å². The highest BCUT2D eigenvalue weighted by molar-refractivity contribution is 6.08. The van der Waals surface area contributed by atoms with Gasteiger partial charge in [-0.3, -0.25) is 14.9 Å². The third-order valence-electron chi connectivity index (χ3n) is 4.65. The van der Waals surface area contributed by atoms with Crippen molar-refractivity contribution >= 4 is 17.3 Å². The van der Waals surface area contributed by atoms with Gasteiger partial charge in [0.1, 0.15) is 11.5 Å². The molecule has 1 aromatic heterocycles. The minimum Gasteiger partial charge on any atom is -0.322 e. The van der Waals surface area contributed by atoms with Gasteiger partial charge in [0, 0.05) is 29.6 Å². The zero-order chi connectivity index (χ0) is 22.7. The van der Waals surface area contributed by atoms with E-state index in [0.29, 0.717) is 16.8 Å². The van der Waals surface area contributed by atoms with Gasteiger partial charge in [0.2, 0.25) is 0 Å². The fourth-order valence-corrected chi connectivity index (χ4v) is 3.08. The van der Waals surface area contributed by atoms with Crippen molar-refractivity contribution in [3.63, 3.8) is 0 Å². The van der Waals surface area contributed by atoms with Crippen molar-refractivity contribution in [3.8, 4) is 23.0 Å². The van der Waals surface area contributed by atoms with E-state index in [-0.39, 0.29) is 22.6 Å². The summed E-state index contributed by atoms with van der Waals surface area (Å²) < 4.78 is 15.0. The standard InChI is InChI=1S/C23H14FN5O3/c24-17-2-1-3-18(12-17)26-23(30)21-14-28(19-8-4-15(13-25)5-9-19)27-22(21)16-6-10-20(11-7-16)29(31)32/h1-12,14H,(H,26,30). The first-order chi connectivity index (χ1) is 15.4. The molecule has 0 saturated carbocycles. The third-order valence-corrected chi connectivity index (χ3v) is 4.65. The van der Waals surface area contributed by atoms with Crippen LogP contribution in [0.15, 0.2) is 79.0 Å². The SMILES string of the molecule is N#Cc1ccc(-n2cc(C(=O)Nc3cccc(F)c3)c(-c3ccc([N+](=O)[O-])cc3)n2)cc1. The maximum absolute atomic E-state index is 13.5. The molecule has 0 unspecified atom stereocenters. The van der Waals surface area contributed by atoms with Crippen molar-refractivity contribution in [1.29, 1.82) is 5.26 Å². The highest BCUT2D eigenvalue weighted by Gasteiger charge is 2.20. The number of nitro benzene ring substituents is 1. The van der Waals surface area contributed by atoms with Gasteiger partial charge in [-0.25, -0.2) is 9.07 Å². The van der Waals surface area contributed by atoms with Crippen LogP contribution in [0.4, 0.5) is 15.8 Å². The maximum atomic E-state index is 13.5. The number of benzene rings is 3. The van der Waals surface area contributed by atoms with Crippen LogP contribution in [0.25, 0.3) is 16.9 Å². The van der Waals surface area contributed by atoms with Gasteiger partial charge < -0.3 is 5.32 Å². The Hall–Kier alpha value is -4.84. The number of anilines is 1. The fourth-order valence-electron chi connectivity index (χ4n) is 3.08. The first-order valence-corrected chi connectivity index (χ1v) is 9.36. The van der Waals surface area contributed by atoms with Crippen molar-refractivity contribution in [2.75, 3.05) is 5.32 Å². The lowest BCUT2D eigenvalue weighted by Gasteiger charge is -2.05. The molecule has 0 fully saturated rings. The first kappa shape index (κ1) is 20.4. The predicted molar refractivity (Wildman–Crippen MR) is 115 cm³/mol. The van der Waals surface area contributed by atoms with Gasteiger partial charge in [0.05, 0.1) is 27.8 Å². The molecule has 0 aliphatic heterocycles. The average Bonchev–Trinajstić information content (AvgIpc) is 3.25. The van der Waals surface area contributed by atoms with E-state index >= 15 is 0 Å². The number of hydrogen-bond donors (Lipinski definition) is 1. The monoisotopic (exact) mass is 427 g/mol. The molecule has 3 aromatic carbocycles. The zero-order valence-electron chi connectivity index (χ0n) is 16.4. The molecule has 4 aromatic rings. The second kappa shape index (κ2) is 8.49. The molecule has 0 saturated heterocycles. The lowest BCUT2D eigenvalue weighted by atomic mass is 10.1. The van der Waals surface area contributed by atoms with Crippen LogP contribution >= 0.6 is 0 Å². The Morgan fingerprint density at radius 1 is 1.09 bits per heavy atom. The molecular weight excluding hydrogens is 413 g/mol. The molecule has 156 valence electrons. The summed E-state index contributed by atoms with van der Waals surface area (Å²) in [6.45, 7) is 0. The van der Waals surface area contributed by atoms with Crippen LogP contribution in [0, 0.1) is 27.3 Å². The van der Waals surface area contributed by atoms with E-state index in [0.717, 1.165) is 0 Å². The van der Waals surface area contributed by atoms with Gasteiger partial charge in [0.15, 0.2) is 0 Å². The number of nitriles is 1. The number of nitrogens with one attached hydrogen (secondary N) is 1. The number of nitrogens with zero attached hydrogens (tertiary/aromatic N) is 4. The van der Waals surface area contributed by atoms with E-state index in [1.54, 1.807) is 30.3 Å². The van der Waals surface area contributed by atoms with E-state index in [1.165, 1.54) is 53.3 Å². The molecule has 0 radical (unpaired) electrons. The molecule has 1 amide bonds. The lowest BCUT2D eigenvalue weighted by molar-refractivity contribution is -0.384. The number of amides is 1. The van der Waals surface area contributed by atoms with Crippen molar-refractivity contribution in [2.45, 2.75) is 0 Å². The number of rotatable bonds is 5. The lowest BCUT2D eigenvalue weighted by Crippen LogP contribution is -2.12. The van der Waals surface area contributed by atoms with Crippen molar-refractivity contribution in [3.05, 3.63) is 106 Å². The first-order valence-electron chi connectivity index (χ1n) is 9.36. The molecule has 0 aliphatic rings.